The van der Waals surface area contributed by atoms with E-state index in [2.05, 4.69) is 10.6 Å². The summed E-state index contributed by atoms with van der Waals surface area (Å²) in [6.07, 6.45) is 3.29. The van der Waals surface area contributed by atoms with Crippen LogP contribution in [0.4, 0.5) is 5.69 Å². The van der Waals surface area contributed by atoms with Gasteiger partial charge in [-0.05, 0) is 55.9 Å². The topological polar surface area (TPSA) is 76.7 Å². The third kappa shape index (κ3) is 6.31. The first-order chi connectivity index (χ1) is 15.0. The summed E-state index contributed by atoms with van der Waals surface area (Å²) < 4.78 is 11.7. The number of nitrogens with one attached hydrogen (secondary N) is 2. The SMILES string of the molecule is Cc1ccccc1C(=O)NC(C(=O)Nc1ccccc1OCC1CCCCO1)C(C)C. The number of para-hydroxylation sites is 2. The van der Waals surface area contributed by atoms with Gasteiger partial charge >= 0.3 is 0 Å². The fourth-order valence-electron chi connectivity index (χ4n) is 3.61. The molecule has 1 aliphatic heterocycles. The first-order valence-electron chi connectivity index (χ1n) is 11.0. The summed E-state index contributed by atoms with van der Waals surface area (Å²) in [7, 11) is 0. The Morgan fingerprint density at radius 3 is 2.55 bits per heavy atom. The number of ether oxygens (including phenoxy) is 2. The van der Waals surface area contributed by atoms with Gasteiger partial charge in [-0.15, -0.1) is 0 Å². The Balaban J connectivity index is 1.66. The lowest BCUT2D eigenvalue weighted by molar-refractivity contribution is -0.118. The van der Waals surface area contributed by atoms with Crippen LogP contribution in [0.3, 0.4) is 0 Å². The number of aryl methyl sites for hydroxylation is 1. The molecular formula is C25H32N2O4. The lowest BCUT2D eigenvalue weighted by Crippen LogP contribution is -2.47. The minimum absolute atomic E-state index is 0.0781. The number of carbonyl (C=O) groups is 2. The second-order valence-corrected chi connectivity index (χ2v) is 8.30. The predicted molar refractivity (Wildman–Crippen MR) is 121 cm³/mol. The second-order valence-electron chi connectivity index (χ2n) is 8.30. The zero-order valence-corrected chi connectivity index (χ0v) is 18.5. The minimum Gasteiger partial charge on any atom is -0.489 e. The predicted octanol–water partition coefficient (Wildman–Crippen LogP) is 4.34. The molecule has 2 amide bonds. The molecule has 6 heteroatoms. The van der Waals surface area contributed by atoms with E-state index < -0.39 is 6.04 Å². The summed E-state index contributed by atoms with van der Waals surface area (Å²) in [5.74, 6) is -0.0257. The van der Waals surface area contributed by atoms with Crippen molar-refractivity contribution in [1.29, 1.82) is 0 Å². The summed E-state index contributed by atoms with van der Waals surface area (Å²) in [5, 5.41) is 5.82. The van der Waals surface area contributed by atoms with Crippen LogP contribution in [0.1, 0.15) is 49.0 Å². The maximum atomic E-state index is 13.1. The first-order valence-corrected chi connectivity index (χ1v) is 11.0. The summed E-state index contributed by atoms with van der Waals surface area (Å²) >= 11 is 0. The average molecular weight is 425 g/mol. The van der Waals surface area contributed by atoms with Crippen molar-refractivity contribution in [3.63, 3.8) is 0 Å². The molecular weight excluding hydrogens is 392 g/mol. The molecule has 2 aromatic rings. The van der Waals surface area contributed by atoms with Crippen LogP contribution in [0.5, 0.6) is 5.75 Å². The molecule has 1 aliphatic rings. The number of benzene rings is 2. The highest BCUT2D eigenvalue weighted by Gasteiger charge is 2.26. The molecule has 2 atom stereocenters. The highest BCUT2D eigenvalue weighted by Crippen LogP contribution is 2.25. The molecule has 0 radical (unpaired) electrons. The normalized spacial score (nSPS) is 17.1. The second kappa shape index (κ2) is 11.0. The number of anilines is 1. The lowest BCUT2D eigenvalue weighted by atomic mass is 10.0. The van der Waals surface area contributed by atoms with Crippen LogP contribution in [-0.4, -0.2) is 37.2 Å². The molecule has 0 aliphatic carbocycles. The van der Waals surface area contributed by atoms with E-state index in [4.69, 9.17) is 9.47 Å². The van der Waals surface area contributed by atoms with Gasteiger partial charge in [0, 0.05) is 12.2 Å². The largest absolute Gasteiger partial charge is 0.489 e. The molecule has 0 aromatic heterocycles. The van der Waals surface area contributed by atoms with Gasteiger partial charge in [0.2, 0.25) is 5.91 Å². The Hall–Kier alpha value is -2.86. The number of amides is 2. The Bertz CT molecular complexity index is 891. The van der Waals surface area contributed by atoms with Gasteiger partial charge in [0.1, 0.15) is 18.4 Å². The Morgan fingerprint density at radius 2 is 1.84 bits per heavy atom. The smallest absolute Gasteiger partial charge is 0.252 e. The number of hydrogen-bond donors (Lipinski definition) is 2. The van der Waals surface area contributed by atoms with Crippen molar-refractivity contribution in [2.45, 2.75) is 52.2 Å². The summed E-state index contributed by atoms with van der Waals surface area (Å²) in [6, 6.07) is 14.0. The van der Waals surface area contributed by atoms with Crippen LogP contribution in [0.25, 0.3) is 0 Å². The van der Waals surface area contributed by atoms with Crippen LogP contribution in [-0.2, 0) is 9.53 Å². The van der Waals surface area contributed by atoms with E-state index in [-0.39, 0.29) is 23.8 Å². The molecule has 2 N–H and O–H groups in total. The molecule has 0 spiro atoms. The van der Waals surface area contributed by atoms with Crippen molar-refractivity contribution in [3.8, 4) is 5.75 Å². The van der Waals surface area contributed by atoms with Crippen molar-refractivity contribution in [3.05, 3.63) is 59.7 Å². The van der Waals surface area contributed by atoms with E-state index in [1.54, 1.807) is 12.1 Å². The average Bonchev–Trinajstić information content (AvgIpc) is 2.77. The highest BCUT2D eigenvalue weighted by atomic mass is 16.5. The van der Waals surface area contributed by atoms with Gasteiger partial charge in [0.25, 0.3) is 5.91 Å². The van der Waals surface area contributed by atoms with Gasteiger partial charge in [0.05, 0.1) is 11.8 Å². The van der Waals surface area contributed by atoms with E-state index >= 15 is 0 Å². The maximum absolute atomic E-state index is 13.1. The third-order valence-corrected chi connectivity index (χ3v) is 5.47. The Labute approximate surface area is 184 Å². The van der Waals surface area contributed by atoms with E-state index in [0.717, 1.165) is 31.4 Å². The molecule has 0 saturated carbocycles. The van der Waals surface area contributed by atoms with Gasteiger partial charge in [-0.3, -0.25) is 9.59 Å². The molecule has 1 saturated heterocycles. The summed E-state index contributed by atoms with van der Waals surface area (Å²) in [5.41, 5.74) is 2.02. The van der Waals surface area contributed by atoms with E-state index in [1.807, 2.05) is 57.2 Å². The molecule has 31 heavy (non-hydrogen) atoms. The van der Waals surface area contributed by atoms with Crippen LogP contribution in [0.2, 0.25) is 0 Å². The van der Waals surface area contributed by atoms with Crippen LogP contribution < -0.4 is 15.4 Å². The molecule has 2 aromatic carbocycles. The van der Waals surface area contributed by atoms with Crippen molar-refractivity contribution < 1.29 is 19.1 Å². The number of hydrogen-bond acceptors (Lipinski definition) is 4. The fourth-order valence-corrected chi connectivity index (χ4v) is 3.61. The van der Waals surface area contributed by atoms with Gasteiger partial charge in [-0.25, -0.2) is 0 Å². The van der Waals surface area contributed by atoms with E-state index in [9.17, 15) is 9.59 Å². The van der Waals surface area contributed by atoms with Crippen LogP contribution in [0, 0.1) is 12.8 Å². The standard InChI is InChI=1S/C25H32N2O4/c1-17(2)23(27-24(28)20-12-5-4-10-18(20)3)25(29)26-21-13-6-7-14-22(21)31-16-19-11-8-9-15-30-19/h4-7,10,12-14,17,19,23H,8-9,11,15-16H2,1-3H3,(H,26,29)(H,27,28). The number of rotatable bonds is 8. The Kier molecular flexibility index (Phi) is 8.06. The van der Waals surface area contributed by atoms with Gasteiger partial charge in [-0.1, -0.05) is 44.2 Å². The van der Waals surface area contributed by atoms with Crippen LogP contribution in [0.15, 0.2) is 48.5 Å². The lowest BCUT2D eigenvalue weighted by Gasteiger charge is -2.24. The Morgan fingerprint density at radius 1 is 1.10 bits per heavy atom. The summed E-state index contributed by atoms with van der Waals surface area (Å²) in [4.78, 5) is 25.8. The fraction of sp³-hybridized carbons (Fsp3) is 0.440. The monoisotopic (exact) mass is 424 g/mol. The molecule has 1 heterocycles. The number of carbonyl (C=O) groups excluding carboxylic acids is 2. The van der Waals surface area contributed by atoms with Crippen molar-refractivity contribution >= 4 is 17.5 Å². The zero-order chi connectivity index (χ0) is 22.2. The van der Waals surface area contributed by atoms with Crippen molar-refractivity contribution in [2.24, 2.45) is 5.92 Å². The molecule has 6 nitrogen and oxygen atoms in total. The molecule has 3 rings (SSSR count). The minimum atomic E-state index is -0.679. The molecule has 166 valence electrons. The third-order valence-electron chi connectivity index (χ3n) is 5.47. The van der Waals surface area contributed by atoms with E-state index in [0.29, 0.717) is 23.6 Å². The molecule has 2 unspecified atom stereocenters. The van der Waals surface area contributed by atoms with Gasteiger partial charge in [0.15, 0.2) is 0 Å². The van der Waals surface area contributed by atoms with Crippen molar-refractivity contribution in [2.75, 3.05) is 18.5 Å². The molecule has 0 bridgehead atoms. The van der Waals surface area contributed by atoms with E-state index in [1.165, 1.54) is 0 Å². The zero-order valence-electron chi connectivity index (χ0n) is 18.5. The van der Waals surface area contributed by atoms with Crippen LogP contribution >= 0.6 is 0 Å². The van der Waals surface area contributed by atoms with Crippen molar-refractivity contribution in [1.82, 2.24) is 5.32 Å². The maximum Gasteiger partial charge on any atom is 0.252 e. The quantitative estimate of drug-likeness (QED) is 0.661. The molecule has 1 fully saturated rings. The first kappa shape index (κ1) is 22.8. The highest BCUT2D eigenvalue weighted by molar-refractivity contribution is 6.02. The van der Waals surface area contributed by atoms with Gasteiger partial charge in [-0.2, -0.15) is 0 Å². The summed E-state index contributed by atoms with van der Waals surface area (Å²) in [6.45, 7) is 6.91. The van der Waals surface area contributed by atoms with Gasteiger partial charge < -0.3 is 20.1 Å².